The number of halogens is 1. The maximum atomic E-state index is 6.27. The van der Waals surface area contributed by atoms with Crippen molar-refractivity contribution in [1.82, 2.24) is 0 Å². The van der Waals surface area contributed by atoms with E-state index in [1.165, 1.54) is 24.1 Å². The molecule has 4 rings (SSSR count). The first-order valence-corrected chi connectivity index (χ1v) is 8.34. The lowest BCUT2D eigenvalue weighted by molar-refractivity contribution is 0.725. The van der Waals surface area contributed by atoms with Crippen molar-refractivity contribution >= 4 is 23.0 Å². The normalized spacial score (nSPS) is 17.7. The zero-order chi connectivity index (χ0) is 14.9. The summed E-state index contributed by atoms with van der Waals surface area (Å²) in [6.45, 7) is 2.97. The molecule has 1 aliphatic heterocycles. The molecule has 0 radical (unpaired) electrons. The van der Waals surface area contributed by atoms with Crippen molar-refractivity contribution in [3.63, 3.8) is 0 Å². The standard InChI is InChI=1S/C19H19ClN2/c20-16-8-9-18-17(12-16)19(15-4-2-1-3-5-15)21-10-11-22(18)13-14-6-7-14/h1-5,8-9,12,14H,6-7,10-11,13H2. The summed E-state index contributed by atoms with van der Waals surface area (Å²) in [5, 5.41) is 0.774. The van der Waals surface area contributed by atoms with Crippen molar-refractivity contribution in [3.05, 3.63) is 64.7 Å². The Labute approximate surface area is 136 Å². The Kier molecular flexibility index (Phi) is 3.63. The van der Waals surface area contributed by atoms with Gasteiger partial charge in [0.05, 0.1) is 12.3 Å². The van der Waals surface area contributed by atoms with E-state index in [0.29, 0.717) is 0 Å². The maximum absolute atomic E-state index is 6.27. The Morgan fingerprint density at radius 2 is 1.91 bits per heavy atom. The molecule has 0 unspecified atom stereocenters. The molecule has 2 nitrogen and oxygen atoms in total. The Morgan fingerprint density at radius 3 is 2.68 bits per heavy atom. The van der Waals surface area contributed by atoms with Crippen LogP contribution in [0.2, 0.25) is 5.02 Å². The van der Waals surface area contributed by atoms with Gasteiger partial charge in [0, 0.05) is 34.9 Å². The average Bonchev–Trinajstić information content (AvgIpc) is 3.36. The number of hydrogen-bond donors (Lipinski definition) is 0. The van der Waals surface area contributed by atoms with Crippen LogP contribution in [-0.4, -0.2) is 25.3 Å². The van der Waals surface area contributed by atoms with Crippen molar-refractivity contribution in [1.29, 1.82) is 0 Å². The van der Waals surface area contributed by atoms with Crippen LogP contribution in [0.5, 0.6) is 0 Å². The van der Waals surface area contributed by atoms with Crippen LogP contribution in [0.25, 0.3) is 0 Å². The van der Waals surface area contributed by atoms with Crippen molar-refractivity contribution in [2.45, 2.75) is 12.8 Å². The average molecular weight is 311 g/mol. The summed E-state index contributed by atoms with van der Waals surface area (Å²) in [7, 11) is 0. The van der Waals surface area contributed by atoms with Gasteiger partial charge in [-0.2, -0.15) is 0 Å². The van der Waals surface area contributed by atoms with Gasteiger partial charge in [-0.05, 0) is 37.0 Å². The fraction of sp³-hybridized carbons (Fsp3) is 0.316. The minimum absolute atomic E-state index is 0.774. The third-order valence-electron chi connectivity index (χ3n) is 4.42. The highest BCUT2D eigenvalue weighted by atomic mass is 35.5. The molecule has 2 aliphatic rings. The van der Waals surface area contributed by atoms with Gasteiger partial charge >= 0.3 is 0 Å². The number of nitrogens with zero attached hydrogens (tertiary/aromatic N) is 2. The highest BCUT2D eigenvalue weighted by Crippen LogP contribution is 2.34. The van der Waals surface area contributed by atoms with Gasteiger partial charge in [-0.15, -0.1) is 0 Å². The molecule has 22 heavy (non-hydrogen) atoms. The molecule has 0 saturated heterocycles. The minimum Gasteiger partial charge on any atom is -0.369 e. The van der Waals surface area contributed by atoms with Gasteiger partial charge in [0.1, 0.15) is 0 Å². The Balaban J connectivity index is 1.79. The second-order valence-corrected chi connectivity index (χ2v) is 6.58. The van der Waals surface area contributed by atoms with E-state index < -0.39 is 0 Å². The van der Waals surface area contributed by atoms with Gasteiger partial charge in [-0.25, -0.2) is 0 Å². The second kappa shape index (κ2) is 5.77. The summed E-state index contributed by atoms with van der Waals surface area (Å²) in [6, 6.07) is 16.6. The predicted molar refractivity (Wildman–Crippen MR) is 93.3 cm³/mol. The highest BCUT2D eigenvalue weighted by Gasteiger charge is 2.27. The first kappa shape index (κ1) is 13.8. The molecule has 0 bridgehead atoms. The smallest absolute Gasteiger partial charge is 0.0741 e. The van der Waals surface area contributed by atoms with Gasteiger partial charge in [0.2, 0.25) is 0 Å². The molecule has 0 atom stereocenters. The van der Waals surface area contributed by atoms with Gasteiger partial charge in [0.25, 0.3) is 0 Å². The lowest BCUT2D eigenvalue weighted by atomic mass is 10.00. The van der Waals surface area contributed by atoms with Crippen LogP contribution in [0.4, 0.5) is 5.69 Å². The largest absolute Gasteiger partial charge is 0.369 e. The second-order valence-electron chi connectivity index (χ2n) is 6.15. The number of anilines is 1. The SMILES string of the molecule is Clc1ccc2c(c1)C(c1ccccc1)=NCCN2CC1CC1. The van der Waals surface area contributed by atoms with Crippen LogP contribution in [0.15, 0.2) is 53.5 Å². The first-order chi connectivity index (χ1) is 10.8. The predicted octanol–water partition coefficient (Wildman–Crippen LogP) is 4.41. The molecule has 2 aromatic carbocycles. The van der Waals surface area contributed by atoms with E-state index >= 15 is 0 Å². The van der Waals surface area contributed by atoms with E-state index in [0.717, 1.165) is 41.8 Å². The molecule has 0 spiro atoms. The molecule has 1 saturated carbocycles. The first-order valence-electron chi connectivity index (χ1n) is 7.96. The van der Waals surface area contributed by atoms with Crippen molar-refractivity contribution in [2.75, 3.05) is 24.5 Å². The summed E-state index contributed by atoms with van der Waals surface area (Å²) in [5.41, 5.74) is 4.67. The Bertz CT molecular complexity index is 705. The zero-order valence-corrected chi connectivity index (χ0v) is 13.3. The van der Waals surface area contributed by atoms with Crippen LogP contribution >= 0.6 is 11.6 Å². The monoisotopic (exact) mass is 310 g/mol. The highest BCUT2D eigenvalue weighted by molar-refractivity contribution is 6.31. The number of hydrogen-bond acceptors (Lipinski definition) is 2. The van der Waals surface area contributed by atoms with Gasteiger partial charge in [-0.3, -0.25) is 4.99 Å². The topological polar surface area (TPSA) is 15.6 Å². The van der Waals surface area contributed by atoms with E-state index in [-0.39, 0.29) is 0 Å². The van der Waals surface area contributed by atoms with Crippen LogP contribution in [-0.2, 0) is 0 Å². The van der Waals surface area contributed by atoms with Gasteiger partial charge in [0.15, 0.2) is 0 Å². The van der Waals surface area contributed by atoms with E-state index in [4.69, 9.17) is 16.6 Å². The molecular formula is C19H19ClN2. The fourth-order valence-corrected chi connectivity index (χ4v) is 3.28. The number of aliphatic imine (C=N–C) groups is 1. The van der Waals surface area contributed by atoms with Crippen molar-refractivity contribution in [3.8, 4) is 0 Å². The molecule has 0 N–H and O–H groups in total. The zero-order valence-electron chi connectivity index (χ0n) is 12.5. The lowest BCUT2D eigenvalue weighted by Gasteiger charge is -2.25. The molecular weight excluding hydrogens is 292 g/mol. The van der Waals surface area contributed by atoms with Crippen molar-refractivity contribution < 1.29 is 0 Å². The minimum atomic E-state index is 0.774. The summed E-state index contributed by atoms with van der Waals surface area (Å²) in [6.07, 6.45) is 2.73. The Hall–Kier alpha value is -1.80. The molecule has 112 valence electrons. The summed E-state index contributed by atoms with van der Waals surface area (Å²) in [5.74, 6) is 0.863. The molecule has 1 aliphatic carbocycles. The van der Waals surface area contributed by atoms with Gasteiger partial charge < -0.3 is 4.90 Å². The van der Waals surface area contributed by atoms with Crippen LogP contribution in [0.3, 0.4) is 0 Å². The number of rotatable bonds is 3. The number of fused-ring (bicyclic) bond motifs is 1. The quantitative estimate of drug-likeness (QED) is 0.820. The third-order valence-corrected chi connectivity index (χ3v) is 4.65. The summed E-state index contributed by atoms with van der Waals surface area (Å²) < 4.78 is 0. The van der Waals surface area contributed by atoms with Crippen LogP contribution < -0.4 is 4.90 Å². The number of benzodiazepines with no additional fused rings is 1. The van der Waals surface area contributed by atoms with E-state index in [9.17, 15) is 0 Å². The fourth-order valence-electron chi connectivity index (χ4n) is 3.11. The van der Waals surface area contributed by atoms with E-state index in [1.54, 1.807) is 0 Å². The molecule has 1 fully saturated rings. The molecule has 2 aromatic rings. The molecule has 0 aromatic heterocycles. The van der Waals surface area contributed by atoms with E-state index in [2.05, 4.69) is 41.3 Å². The maximum Gasteiger partial charge on any atom is 0.0741 e. The summed E-state index contributed by atoms with van der Waals surface area (Å²) in [4.78, 5) is 7.36. The third kappa shape index (κ3) is 2.76. The molecule has 1 heterocycles. The molecule has 3 heteroatoms. The van der Waals surface area contributed by atoms with E-state index in [1.807, 2.05) is 12.1 Å². The van der Waals surface area contributed by atoms with Crippen LogP contribution in [0.1, 0.15) is 24.0 Å². The lowest BCUT2D eigenvalue weighted by Crippen LogP contribution is -2.28. The van der Waals surface area contributed by atoms with Crippen molar-refractivity contribution in [2.24, 2.45) is 10.9 Å². The van der Waals surface area contributed by atoms with Crippen LogP contribution in [0, 0.1) is 5.92 Å². The molecule has 0 amide bonds. The Morgan fingerprint density at radius 1 is 1.09 bits per heavy atom. The van der Waals surface area contributed by atoms with Gasteiger partial charge in [-0.1, -0.05) is 41.9 Å². The summed E-state index contributed by atoms with van der Waals surface area (Å²) >= 11 is 6.27. The number of benzene rings is 2.